The van der Waals surface area contributed by atoms with Gasteiger partial charge in [-0.05, 0) is 30.2 Å². The third-order valence-electron chi connectivity index (χ3n) is 3.63. The van der Waals surface area contributed by atoms with Crippen molar-refractivity contribution in [1.82, 2.24) is 20.1 Å². The number of benzene rings is 1. The molecule has 0 saturated heterocycles. The van der Waals surface area contributed by atoms with Gasteiger partial charge in [-0.25, -0.2) is 4.68 Å². The number of nitrogens with zero attached hydrogens (tertiary/aromatic N) is 3. The van der Waals surface area contributed by atoms with E-state index < -0.39 is 0 Å². The van der Waals surface area contributed by atoms with Gasteiger partial charge in [0.05, 0.1) is 23.1 Å². The third-order valence-corrected chi connectivity index (χ3v) is 3.63. The van der Waals surface area contributed by atoms with E-state index >= 15 is 0 Å². The van der Waals surface area contributed by atoms with Gasteiger partial charge in [0.2, 0.25) is 0 Å². The molecule has 3 rings (SSSR count). The van der Waals surface area contributed by atoms with Gasteiger partial charge in [-0.15, -0.1) is 0 Å². The maximum Gasteiger partial charge on any atom is 0.255 e. The van der Waals surface area contributed by atoms with Crippen LogP contribution in [-0.4, -0.2) is 20.7 Å². The Labute approximate surface area is 135 Å². The molecule has 0 radical (unpaired) electrons. The van der Waals surface area contributed by atoms with Gasteiger partial charge in [0, 0.05) is 18.9 Å². The molecule has 0 atom stereocenters. The summed E-state index contributed by atoms with van der Waals surface area (Å²) in [6, 6.07) is 13.6. The molecule has 1 aromatic carbocycles. The molecule has 0 aliphatic rings. The van der Waals surface area contributed by atoms with Crippen LogP contribution in [0, 0.1) is 0 Å². The van der Waals surface area contributed by atoms with Crippen molar-refractivity contribution >= 4 is 5.91 Å². The Kier molecular flexibility index (Phi) is 4.47. The predicted octanol–water partition coefficient (Wildman–Crippen LogP) is 2.76. The van der Waals surface area contributed by atoms with Crippen LogP contribution in [0.1, 0.15) is 28.5 Å². The SMILES string of the molecule is CCc1c(C(=O)NCc2cccnc2)cnn1-c1ccccc1. The van der Waals surface area contributed by atoms with E-state index in [-0.39, 0.29) is 5.91 Å². The van der Waals surface area contributed by atoms with Gasteiger partial charge in [0.25, 0.3) is 5.91 Å². The molecule has 0 aliphatic heterocycles. The fourth-order valence-electron chi connectivity index (χ4n) is 2.48. The van der Waals surface area contributed by atoms with E-state index in [0.717, 1.165) is 23.4 Å². The van der Waals surface area contributed by atoms with Crippen LogP contribution in [-0.2, 0) is 13.0 Å². The summed E-state index contributed by atoms with van der Waals surface area (Å²) in [5.41, 5.74) is 3.44. The lowest BCUT2D eigenvalue weighted by molar-refractivity contribution is 0.0950. The first-order valence-electron chi connectivity index (χ1n) is 7.59. The van der Waals surface area contributed by atoms with E-state index in [1.165, 1.54) is 0 Å². The number of hydrogen-bond donors (Lipinski definition) is 1. The van der Waals surface area contributed by atoms with E-state index in [4.69, 9.17) is 0 Å². The molecule has 5 heteroatoms. The molecule has 2 aromatic heterocycles. The maximum absolute atomic E-state index is 12.5. The molecule has 1 amide bonds. The molecule has 3 aromatic rings. The zero-order valence-corrected chi connectivity index (χ0v) is 12.9. The number of pyridine rings is 1. The largest absolute Gasteiger partial charge is 0.348 e. The zero-order chi connectivity index (χ0) is 16.1. The third kappa shape index (κ3) is 3.29. The quantitative estimate of drug-likeness (QED) is 0.788. The number of hydrogen-bond acceptors (Lipinski definition) is 3. The van der Waals surface area contributed by atoms with Crippen LogP contribution >= 0.6 is 0 Å². The first-order valence-corrected chi connectivity index (χ1v) is 7.59. The minimum absolute atomic E-state index is 0.118. The van der Waals surface area contributed by atoms with Gasteiger partial charge < -0.3 is 5.32 Å². The van der Waals surface area contributed by atoms with Crippen LogP contribution in [0.3, 0.4) is 0 Å². The van der Waals surface area contributed by atoms with Crippen molar-refractivity contribution in [2.45, 2.75) is 19.9 Å². The van der Waals surface area contributed by atoms with E-state index in [9.17, 15) is 4.79 Å². The number of carbonyl (C=O) groups excluding carboxylic acids is 1. The van der Waals surface area contributed by atoms with Crippen molar-refractivity contribution in [2.75, 3.05) is 0 Å². The van der Waals surface area contributed by atoms with Crippen LogP contribution in [0.4, 0.5) is 0 Å². The minimum atomic E-state index is -0.118. The fourth-order valence-corrected chi connectivity index (χ4v) is 2.48. The lowest BCUT2D eigenvalue weighted by Gasteiger charge is -2.08. The molecular weight excluding hydrogens is 288 g/mol. The number of amides is 1. The second-order valence-electron chi connectivity index (χ2n) is 5.15. The summed E-state index contributed by atoms with van der Waals surface area (Å²) in [7, 11) is 0. The molecule has 2 heterocycles. The molecule has 0 bridgehead atoms. The summed E-state index contributed by atoms with van der Waals surface area (Å²) >= 11 is 0. The topological polar surface area (TPSA) is 59.8 Å². The Hall–Kier alpha value is -2.95. The number of rotatable bonds is 5. The lowest BCUT2D eigenvalue weighted by Crippen LogP contribution is -2.23. The van der Waals surface area contributed by atoms with E-state index in [1.807, 2.05) is 54.1 Å². The summed E-state index contributed by atoms with van der Waals surface area (Å²) in [5, 5.41) is 7.30. The average Bonchev–Trinajstić information content (AvgIpc) is 3.05. The summed E-state index contributed by atoms with van der Waals surface area (Å²) < 4.78 is 1.82. The Morgan fingerprint density at radius 2 is 1.96 bits per heavy atom. The highest BCUT2D eigenvalue weighted by atomic mass is 16.1. The highest BCUT2D eigenvalue weighted by Crippen LogP contribution is 2.15. The molecule has 116 valence electrons. The predicted molar refractivity (Wildman–Crippen MR) is 88.3 cm³/mol. The van der Waals surface area contributed by atoms with Crippen LogP contribution < -0.4 is 5.32 Å². The van der Waals surface area contributed by atoms with E-state index in [2.05, 4.69) is 15.4 Å². The molecule has 0 aliphatic carbocycles. The van der Waals surface area contributed by atoms with Gasteiger partial charge in [-0.2, -0.15) is 5.10 Å². The summed E-state index contributed by atoms with van der Waals surface area (Å²) in [4.78, 5) is 16.5. The smallest absolute Gasteiger partial charge is 0.255 e. The number of para-hydroxylation sites is 1. The van der Waals surface area contributed by atoms with Gasteiger partial charge in [-0.1, -0.05) is 31.2 Å². The van der Waals surface area contributed by atoms with Gasteiger partial charge in [0.1, 0.15) is 0 Å². The lowest BCUT2D eigenvalue weighted by atomic mass is 10.2. The summed E-state index contributed by atoms with van der Waals surface area (Å²) in [5.74, 6) is -0.118. The van der Waals surface area contributed by atoms with Crippen LogP contribution in [0.25, 0.3) is 5.69 Å². The average molecular weight is 306 g/mol. The molecule has 0 spiro atoms. The van der Waals surface area contributed by atoms with Crippen molar-refractivity contribution in [3.05, 3.63) is 77.9 Å². The molecule has 0 saturated carbocycles. The summed E-state index contributed by atoms with van der Waals surface area (Å²) in [6.45, 7) is 2.47. The van der Waals surface area contributed by atoms with Crippen LogP contribution in [0.2, 0.25) is 0 Å². The number of nitrogens with one attached hydrogen (secondary N) is 1. The first kappa shape index (κ1) is 15.0. The van der Waals surface area contributed by atoms with Crippen LogP contribution in [0.5, 0.6) is 0 Å². The van der Waals surface area contributed by atoms with E-state index in [0.29, 0.717) is 12.1 Å². The summed E-state index contributed by atoms with van der Waals surface area (Å²) in [6.07, 6.45) is 5.81. The van der Waals surface area contributed by atoms with Gasteiger partial charge in [-0.3, -0.25) is 9.78 Å². The molecule has 0 unspecified atom stereocenters. The van der Waals surface area contributed by atoms with Crippen molar-refractivity contribution in [1.29, 1.82) is 0 Å². The van der Waals surface area contributed by atoms with Gasteiger partial charge >= 0.3 is 0 Å². The molecule has 5 nitrogen and oxygen atoms in total. The molecular formula is C18H18N4O. The second kappa shape index (κ2) is 6.87. The first-order chi connectivity index (χ1) is 11.3. The molecule has 23 heavy (non-hydrogen) atoms. The van der Waals surface area contributed by atoms with Crippen molar-refractivity contribution < 1.29 is 4.79 Å². The highest BCUT2D eigenvalue weighted by Gasteiger charge is 2.16. The highest BCUT2D eigenvalue weighted by molar-refractivity contribution is 5.95. The normalized spacial score (nSPS) is 10.5. The van der Waals surface area contributed by atoms with Crippen molar-refractivity contribution in [2.24, 2.45) is 0 Å². The van der Waals surface area contributed by atoms with Crippen molar-refractivity contribution in [3.63, 3.8) is 0 Å². The monoisotopic (exact) mass is 306 g/mol. The second-order valence-corrected chi connectivity index (χ2v) is 5.15. The Morgan fingerprint density at radius 1 is 1.13 bits per heavy atom. The van der Waals surface area contributed by atoms with Crippen molar-refractivity contribution in [3.8, 4) is 5.69 Å². The Balaban J connectivity index is 1.80. The maximum atomic E-state index is 12.5. The van der Waals surface area contributed by atoms with E-state index in [1.54, 1.807) is 18.6 Å². The number of carbonyl (C=O) groups is 1. The Bertz CT molecular complexity index is 781. The molecule has 0 fully saturated rings. The standard InChI is InChI=1S/C18H18N4O/c1-2-17-16(13-21-22(17)15-8-4-3-5-9-15)18(23)20-12-14-7-6-10-19-11-14/h3-11,13H,2,12H2,1H3,(H,20,23). The fraction of sp³-hybridized carbons (Fsp3) is 0.167. The molecule has 1 N–H and O–H groups in total. The van der Waals surface area contributed by atoms with Gasteiger partial charge in [0.15, 0.2) is 0 Å². The zero-order valence-electron chi connectivity index (χ0n) is 12.9. The minimum Gasteiger partial charge on any atom is -0.348 e. The Morgan fingerprint density at radius 3 is 2.65 bits per heavy atom. The van der Waals surface area contributed by atoms with Crippen LogP contribution in [0.15, 0.2) is 61.1 Å². The number of aromatic nitrogens is 3.